The van der Waals surface area contributed by atoms with Crippen molar-refractivity contribution in [1.29, 1.82) is 0 Å². The summed E-state index contributed by atoms with van der Waals surface area (Å²) < 4.78 is 0. The van der Waals surface area contributed by atoms with Gasteiger partial charge in [-0.15, -0.1) is 0 Å². The molecule has 0 unspecified atom stereocenters. The molecule has 0 N–H and O–H groups in total. The summed E-state index contributed by atoms with van der Waals surface area (Å²) in [7, 11) is 0. The molecule has 0 aromatic rings. The molecule has 0 rings (SSSR count). The first-order valence-corrected chi connectivity index (χ1v) is 0. The first-order valence-electron chi connectivity index (χ1n) is 0. The third-order valence-corrected chi connectivity index (χ3v) is 0. The monoisotopic (exact) mass is 542 g/mol. The third-order valence-electron chi connectivity index (χ3n) is 0. The Morgan fingerprint density at radius 2 is 0.286 bits per heavy atom. The molecule has 0 amide bonds. The molecular weight excluding hydrogens is 544 g/mol. The van der Waals surface area contributed by atoms with Crippen molar-refractivity contribution in [2.45, 2.75) is 0 Å². The second-order valence-corrected chi connectivity index (χ2v) is 0. The topological polar surface area (TPSA) is 0 Å². The van der Waals surface area contributed by atoms with Crippen molar-refractivity contribution >= 4 is 0 Å². The van der Waals surface area contributed by atoms with E-state index in [1.54, 1.807) is 0 Å². The quantitative estimate of drug-likeness (QED) is 0.377. The van der Waals surface area contributed by atoms with Crippen molar-refractivity contribution in [3.05, 3.63) is 0 Å². The predicted octanol–water partition coefficient (Wildman–Crippen LogP) is -0.0150. The van der Waals surface area contributed by atoms with E-state index in [0.717, 1.165) is 0 Å². The standard InChI is InChI=1S/6Cu.Dy. The van der Waals surface area contributed by atoms with Crippen LogP contribution in [0.4, 0.5) is 0 Å². The molecule has 0 aromatic heterocycles. The van der Waals surface area contributed by atoms with E-state index in [4.69, 9.17) is 0 Å². The van der Waals surface area contributed by atoms with E-state index in [-0.39, 0.29) is 141 Å². The fourth-order valence-electron chi connectivity index (χ4n) is 0. The molecule has 7 heavy (non-hydrogen) atoms. The van der Waals surface area contributed by atoms with Gasteiger partial charge in [0.25, 0.3) is 0 Å². The normalized spacial score (nSPS) is 0. The fraction of sp³-hybridized carbons (Fsp3) is 0. The van der Waals surface area contributed by atoms with Crippen LogP contribution in [0.25, 0.3) is 0 Å². The van der Waals surface area contributed by atoms with Crippen LogP contribution in [0.5, 0.6) is 0 Å². The molecule has 0 saturated carbocycles. The molecule has 76 valence electrons. The molecule has 0 aliphatic heterocycles. The minimum Gasteiger partial charge on any atom is 0 e. The largest absolute Gasteiger partial charge is 0 e. The minimum atomic E-state index is 0. The van der Waals surface area contributed by atoms with Crippen LogP contribution in [0.3, 0.4) is 0 Å². The van der Waals surface area contributed by atoms with E-state index in [1.165, 1.54) is 0 Å². The smallest absolute Gasteiger partial charge is 0 e. The van der Waals surface area contributed by atoms with Gasteiger partial charge in [-0.2, -0.15) is 0 Å². The van der Waals surface area contributed by atoms with Crippen LogP contribution in [0.1, 0.15) is 0 Å². The maximum Gasteiger partial charge on any atom is 0 e. The summed E-state index contributed by atoms with van der Waals surface area (Å²) in [5, 5.41) is 0. The van der Waals surface area contributed by atoms with Gasteiger partial charge in [0.05, 0.1) is 0 Å². The van der Waals surface area contributed by atoms with Gasteiger partial charge in [-0.3, -0.25) is 0 Å². The maximum absolute atomic E-state index is 0. The molecule has 7 heteroatoms. The maximum atomic E-state index is 0. The fourth-order valence-corrected chi connectivity index (χ4v) is 0. The van der Waals surface area contributed by atoms with E-state index in [0.29, 0.717) is 0 Å². The first-order chi connectivity index (χ1) is 0. The molecular formula is Cu6Dy. The van der Waals surface area contributed by atoms with Crippen LogP contribution in [0.15, 0.2) is 0 Å². The van der Waals surface area contributed by atoms with Crippen LogP contribution in [0.2, 0.25) is 0 Å². The summed E-state index contributed by atoms with van der Waals surface area (Å²) in [5.74, 6) is 0. The van der Waals surface area contributed by atoms with Gasteiger partial charge in [-0.1, -0.05) is 0 Å². The summed E-state index contributed by atoms with van der Waals surface area (Å²) in [4.78, 5) is 0. The van der Waals surface area contributed by atoms with Crippen LogP contribution in [0, 0.1) is 38.2 Å². The molecule has 0 atom stereocenters. The minimum absolute atomic E-state index is 0. The van der Waals surface area contributed by atoms with Crippen molar-refractivity contribution < 1.29 is 141 Å². The second-order valence-electron chi connectivity index (χ2n) is 0. The summed E-state index contributed by atoms with van der Waals surface area (Å²) >= 11 is 0. The zero-order chi connectivity index (χ0) is 0. The van der Waals surface area contributed by atoms with Gasteiger partial charge in [0.2, 0.25) is 0 Å². The summed E-state index contributed by atoms with van der Waals surface area (Å²) in [5.41, 5.74) is 0. The number of rotatable bonds is 0. The Morgan fingerprint density at radius 1 is 0.286 bits per heavy atom. The van der Waals surface area contributed by atoms with Gasteiger partial charge >= 0.3 is 0 Å². The number of hydrogen-bond acceptors (Lipinski definition) is 0. The van der Waals surface area contributed by atoms with Gasteiger partial charge in [0.15, 0.2) is 0 Å². The molecule has 0 fully saturated rings. The van der Waals surface area contributed by atoms with E-state index >= 15 is 0 Å². The average Bonchev–Trinajstić information content (AvgIpc) is 0. The van der Waals surface area contributed by atoms with Crippen LogP contribution >= 0.6 is 0 Å². The van der Waals surface area contributed by atoms with Crippen molar-refractivity contribution in [3.63, 3.8) is 0 Å². The summed E-state index contributed by atoms with van der Waals surface area (Å²) in [6.45, 7) is 0. The second kappa shape index (κ2) is 47.5. The van der Waals surface area contributed by atoms with Gasteiger partial charge in [-0.05, 0) is 0 Å². The van der Waals surface area contributed by atoms with Crippen molar-refractivity contribution in [1.82, 2.24) is 0 Å². The van der Waals surface area contributed by atoms with E-state index < -0.39 is 0 Å². The molecule has 0 aliphatic carbocycles. The Hall–Kier alpha value is 4.39. The molecule has 0 nitrogen and oxygen atoms in total. The molecule has 0 saturated heterocycles. The van der Waals surface area contributed by atoms with E-state index in [2.05, 4.69) is 0 Å². The van der Waals surface area contributed by atoms with E-state index in [9.17, 15) is 0 Å². The van der Waals surface area contributed by atoms with E-state index in [1.807, 2.05) is 0 Å². The van der Waals surface area contributed by atoms with Gasteiger partial charge in [-0.25, -0.2) is 0 Å². The molecule has 6 radical (unpaired) electrons. The Kier molecular flexibility index (Phi) is 433. The zero-order valence-corrected chi connectivity index (χ0v) is 9.80. The number of hydrogen-bond donors (Lipinski definition) is 0. The summed E-state index contributed by atoms with van der Waals surface area (Å²) in [6, 6.07) is 0. The molecule has 0 bridgehead atoms. The third kappa shape index (κ3) is 38.0. The van der Waals surface area contributed by atoms with Crippen molar-refractivity contribution in [2.75, 3.05) is 0 Å². The van der Waals surface area contributed by atoms with Crippen LogP contribution < -0.4 is 0 Å². The summed E-state index contributed by atoms with van der Waals surface area (Å²) in [6.07, 6.45) is 0. The zero-order valence-electron chi connectivity index (χ0n) is 2.13. The molecule has 0 aromatic carbocycles. The Morgan fingerprint density at radius 3 is 0.286 bits per heavy atom. The molecule has 0 heterocycles. The molecule has 0 spiro atoms. The Labute approximate surface area is 137 Å². The predicted molar refractivity (Wildman–Crippen MR) is 0 cm³/mol. The molecule has 0 aliphatic rings. The van der Waals surface area contributed by atoms with Crippen LogP contribution in [-0.4, -0.2) is 0 Å². The first kappa shape index (κ1) is 63.8. The van der Waals surface area contributed by atoms with Crippen molar-refractivity contribution in [3.8, 4) is 0 Å². The van der Waals surface area contributed by atoms with Gasteiger partial charge in [0.1, 0.15) is 0 Å². The van der Waals surface area contributed by atoms with Gasteiger partial charge < -0.3 is 0 Å². The van der Waals surface area contributed by atoms with Gasteiger partial charge in [0, 0.05) is 141 Å². The average molecular weight is 544 g/mol. The SMILES string of the molecule is [Cu].[Cu].[Cu].[Cu].[Cu].[Cu].[Dy]. The Bertz CT molecular complexity index is 4.14. The van der Waals surface area contributed by atoms with Crippen LogP contribution in [-0.2, 0) is 102 Å². The van der Waals surface area contributed by atoms with Crippen molar-refractivity contribution in [2.24, 2.45) is 0 Å². The Balaban J connectivity index is 0.